The first-order valence-corrected chi connectivity index (χ1v) is 11.5. The van der Waals surface area contributed by atoms with Gasteiger partial charge in [0.25, 0.3) is 0 Å². The second-order valence-corrected chi connectivity index (χ2v) is 9.45. The number of fused-ring (bicyclic) bond motifs is 1. The zero-order valence-electron chi connectivity index (χ0n) is 18.4. The first-order valence-electron chi connectivity index (χ1n) is 11.5. The summed E-state index contributed by atoms with van der Waals surface area (Å²) in [4.78, 5) is 14.3. The number of rotatable bonds is 6. The minimum absolute atomic E-state index is 0.655. The molecule has 2 aliphatic carbocycles. The number of methoxy groups -OCH3 is 1. The molecule has 31 heavy (non-hydrogen) atoms. The Labute approximate surface area is 183 Å². The molecule has 7 nitrogen and oxygen atoms in total. The molecule has 3 aromatic rings. The first-order chi connectivity index (χ1) is 15.1. The molecule has 0 N–H and O–H groups in total. The molecule has 1 aromatic carbocycles. The Kier molecular flexibility index (Phi) is 4.51. The number of ether oxygens (including phenoxy) is 1. The Morgan fingerprint density at radius 1 is 1.06 bits per heavy atom. The minimum atomic E-state index is 0.655. The van der Waals surface area contributed by atoms with Crippen LogP contribution in [0.15, 0.2) is 30.5 Å². The van der Waals surface area contributed by atoms with Crippen molar-refractivity contribution < 1.29 is 4.74 Å². The van der Waals surface area contributed by atoms with E-state index < -0.39 is 0 Å². The van der Waals surface area contributed by atoms with Gasteiger partial charge in [0.05, 0.1) is 18.3 Å². The van der Waals surface area contributed by atoms with E-state index in [9.17, 15) is 0 Å². The number of benzene rings is 1. The van der Waals surface area contributed by atoms with E-state index in [1.54, 1.807) is 7.11 Å². The summed E-state index contributed by atoms with van der Waals surface area (Å²) in [7, 11) is 1.76. The summed E-state index contributed by atoms with van der Waals surface area (Å²) in [5.41, 5.74) is 3.27. The van der Waals surface area contributed by atoms with Crippen LogP contribution in [0.3, 0.4) is 0 Å². The molecule has 2 saturated carbocycles. The topological polar surface area (TPSA) is 59.3 Å². The third-order valence-electron chi connectivity index (χ3n) is 7.42. The van der Waals surface area contributed by atoms with E-state index in [-0.39, 0.29) is 0 Å². The lowest BCUT2D eigenvalue weighted by molar-refractivity contribution is 0.144. The van der Waals surface area contributed by atoms with Gasteiger partial charge >= 0.3 is 0 Å². The van der Waals surface area contributed by atoms with Gasteiger partial charge in [-0.05, 0) is 49.1 Å². The van der Waals surface area contributed by atoms with Crippen molar-refractivity contribution in [3.63, 3.8) is 0 Å². The fourth-order valence-corrected chi connectivity index (χ4v) is 5.19. The van der Waals surface area contributed by atoms with Gasteiger partial charge in [-0.3, -0.25) is 4.90 Å². The maximum atomic E-state index is 5.22. The monoisotopic (exact) mass is 418 g/mol. The standard InChI is InChI=1S/C24H30N6O/c1-17-26-22(29-9-7-28(8-10-29)11-12-31-2)14-23(27-17)30-21-13-18(3-4-19(21)16-25-30)20-15-24(20)5-6-24/h3-4,13-14,16,20H,5-12,15H2,1-2H3. The van der Waals surface area contributed by atoms with E-state index in [1.165, 1.54) is 30.2 Å². The van der Waals surface area contributed by atoms with Crippen molar-refractivity contribution in [3.05, 3.63) is 41.9 Å². The molecular weight excluding hydrogens is 388 g/mol. The Morgan fingerprint density at radius 3 is 2.61 bits per heavy atom. The number of anilines is 1. The molecule has 3 heterocycles. The van der Waals surface area contributed by atoms with Gasteiger partial charge < -0.3 is 9.64 Å². The molecule has 0 amide bonds. The van der Waals surface area contributed by atoms with Gasteiger partial charge in [-0.25, -0.2) is 14.6 Å². The molecule has 0 bridgehead atoms. The Morgan fingerprint density at radius 2 is 1.87 bits per heavy atom. The van der Waals surface area contributed by atoms with E-state index in [2.05, 4.69) is 34.1 Å². The van der Waals surface area contributed by atoms with Crippen molar-refractivity contribution in [2.24, 2.45) is 5.41 Å². The van der Waals surface area contributed by atoms with Crippen LogP contribution in [-0.2, 0) is 4.74 Å². The molecule has 1 unspecified atom stereocenters. The highest BCUT2D eigenvalue weighted by Gasteiger charge is 2.62. The smallest absolute Gasteiger partial charge is 0.159 e. The Balaban J connectivity index is 1.27. The van der Waals surface area contributed by atoms with Gasteiger partial charge in [0.2, 0.25) is 0 Å². The van der Waals surface area contributed by atoms with Crippen LogP contribution in [0.25, 0.3) is 16.7 Å². The van der Waals surface area contributed by atoms with Gasteiger partial charge in [0, 0.05) is 51.3 Å². The summed E-state index contributed by atoms with van der Waals surface area (Å²) >= 11 is 0. The number of piperazine rings is 1. The fraction of sp³-hybridized carbons (Fsp3) is 0.542. The second kappa shape index (κ2) is 7.28. The van der Waals surface area contributed by atoms with Crippen LogP contribution in [0.2, 0.25) is 0 Å². The lowest BCUT2D eigenvalue weighted by Gasteiger charge is -2.35. The SMILES string of the molecule is COCCN1CCN(c2cc(-n3ncc4ccc(C5CC56CC6)cc43)nc(C)n2)CC1. The molecule has 162 valence electrons. The summed E-state index contributed by atoms with van der Waals surface area (Å²) in [5, 5.41) is 5.86. The van der Waals surface area contributed by atoms with Crippen molar-refractivity contribution in [2.45, 2.75) is 32.1 Å². The van der Waals surface area contributed by atoms with Crippen LogP contribution in [0.4, 0.5) is 5.82 Å². The van der Waals surface area contributed by atoms with Crippen molar-refractivity contribution in [3.8, 4) is 5.82 Å². The molecule has 1 spiro atoms. The van der Waals surface area contributed by atoms with Crippen molar-refractivity contribution in [1.29, 1.82) is 0 Å². The second-order valence-electron chi connectivity index (χ2n) is 9.45. The first kappa shape index (κ1) is 19.2. The Hall–Kier alpha value is -2.51. The largest absolute Gasteiger partial charge is 0.383 e. The van der Waals surface area contributed by atoms with Gasteiger partial charge in [0.1, 0.15) is 11.6 Å². The maximum absolute atomic E-state index is 5.22. The fourth-order valence-electron chi connectivity index (χ4n) is 5.19. The number of hydrogen-bond acceptors (Lipinski definition) is 6. The lowest BCUT2D eigenvalue weighted by atomic mass is 10.1. The number of aromatic nitrogens is 4. The molecule has 2 aromatic heterocycles. The number of nitrogens with zero attached hydrogens (tertiary/aromatic N) is 6. The Bertz CT molecular complexity index is 1110. The third kappa shape index (κ3) is 3.49. The lowest BCUT2D eigenvalue weighted by Crippen LogP contribution is -2.47. The third-order valence-corrected chi connectivity index (χ3v) is 7.42. The highest BCUT2D eigenvalue weighted by molar-refractivity contribution is 5.81. The normalized spacial score (nSPS) is 22.4. The van der Waals surface area contributed by atoms with E-state index >= 15 is 0 Å². The summed E-state index contributed by atoms with van der Waals surface area (Å²) < 4.78 is 7.21. The number of aryl methyl sites for hydroxylation is 1. The summed E-state index contributed by atoms with van der Waals surface area (Å²) in [6, 6.07) is 8.95. The maximum Gasteiger partial charge on any atom is 0.159 e. The molecule has 0 radical (unpaired) electrons. The van der Waals surface area contributed by atoms with Gasteiger partial charge in [-0.2, -0.15) is 5.10 Å². The van der Waals surface area contributed by atoms with Crippen LogP contribution < -0.4 is 4.90 Å². The average Bonchev–Trinajstić information content (AvgIpc) is 3.69. The van der Waals surface area contributed by atoms with Crippen molar-refractivity contribution in [1.82, 2.24) is 24.6 Å². The van der Waals surface area contributed by atoms with Crippen molar-refractivity contribution >= 4 is 16.7 Å². The molecule has 7 heteroatoms. The van der Waals surface area contributed by atoms with E-state index in [4.69, 9.17) is 19.8 Å². The van der Waals surface area contributed by atoms with E-state index in [0.29, 0.717) is 5.41 Å². The molecule has 1 aliphatic heterocycles. The zero-order chi connectivity index (χ0) is 21.0. The molecule has 1 saturated heterocycles. The molecule has 3 fully saturated rings. The molecule has 3 aliphatic rings. The highest BCUT2D eigenvalue weighted by atomic mass is 16.5. The van der Waals surface area contributed by atoms with E-state index in [1.807, 2.05) is 17.8 Å². The molecule has 6 rings (SSSR count). The molecule has 1 atom stereocenters. The van der Waals surface area contributed by atoms with Crippen LogP contribution in [-0.4, -0.2) is 71.1 Å². The van der Waals surface area contributed by atoms with Crippen LogP contribution in [0.1, 0.15) is 36.6 Å². The van der Waals surface area contributed by atoms with Gasteiger partial charge in [-0.15, -0.1) is 0 Å². The predicted octanol–water partition coefficient (Wildman–Crippen LogP) is 3.16. The van der Waals surface area contributed by atoms with Gasteiger partial charge in [0.15, 0.2) is 5.82 Å². The minimum Gasteiger partial charge on any atom is -0.383 e. The summed E-state index contributed by atoms with van der Waals surface area (Å²) in [6.07, 6.45) is 6.12. The van der Waals surface area contributed by atoms with Crippen molar-refractivity contribution in [2.75, 3.05) is 51.3 Å². The van der Waals surface area contributed by atoms with Crippen LogP contribution in [0, 0.1) is 12.3 Å². The number of hydrogen-bond donors (Lipinski definition) is 0. The quantitative estimate of drug-likeness (QED) is 0.613. The predicted molar refractivity (Wildman–Crippen MR) is 121 cm³/mol. The van der Waals surface area contributed by atoms with E-state index in [0.717, 1.165) is 68.2 Å². The van der Waals surface area contributed by atoms with Crippen LogP contribution in [0.5, 0.6) is 0 Å². The van der Waals surface area contributed by atoms with Gasteiger partial charge in [-0.1, -0.05) is 12.1 Å². The highest BCUT2D eigenvalue weighted by Crippen LogP contribution is 2.75. The zero-order valence-corrected chi connectivity index (χ0v) is 18.4. The average molecular weight is 419 g/mol. The molecular formula is C24H30N6O. The van der Waals surface area contributed by atoms with Crippen LogP contribution >= 0.6 is 0 Å². The summed E-state index contributed by atoms with van der Waals surface area (Å²) in [5.74, 6) is 3.38. The summed E-state index contributed by atoms with van der Waals surface area (Å²) in [6.45, 7) is 7.73.